The molecule has 0 bridgehead atoms. The van der Waals surface area contributed by atoms with E-state index in [1.165, 1.54) is 0 Å². The Bertz CT molecular complexity index is 826. The highest BCUT2D eigenvalue weighted by atomic mass is 35.5. The highest BCUT2D eigenvalue weighted by molar-refractivity contribution is 6.30. The molecule has 1 aromatic rings. The number of carbonyl (C=O) groups excluding carboxylic acids is 2. The van der Waals surface area contributed by atoms with Gasteiger partial charge in [0, 0.05) is 49.7 Å². The number of ether oxygens (including phenoxy) is 1. The number of hydrazine groups is 1. The van der Waals surface area contributed by atoms with Crippen molar-refractivity contribution in [1.82, 2.24) is 26.4 Å². The van der Waals surface area contributed by atoms with Crippen LogP contribution in [0.3, 0.4) is 0 Å². The van der Waals surface area contributed by atoms with Gasteiger partial charge in [0.1, 0.15) is 12.1 Å². The van der Waals surface area contributed by atoms with Gasteiger partial charge in [0.25, 0.3) is 0 Å². The minimum atomic E-state index is -0.660. The Morgan fingerprint density at radius 3 is 2.79 bits per heavy atom. The summed E-state index contributed by atoms with van der Waals surface area (Å²) in [4.78, 5) is 27.1. The standard InChI is InChI=1S/C23H34ClN5O4/c1-25-23(32)21-17-7-6-16(12-18(17)27-28-21)29-10-11-33-20(13-29)22(31)26-9-8-19(30)14-2-4-15(24)5-3-14/h2-5,16-21,27-28,30H,6-13H2,1H3,(H,25,32)(H,26,31). The monoisotopic (exact) mass is 479 g/mol. The third-order valence-corrected chi connectivity index (χ3v) is 7.39. The molecule has 1 aliphatic carbocycles. The van der Waals surface area contributed by atoms with Gasteiger partial charge in [-0.1, -0.05) is 23.7 Å². The lowest BCUT2D eigenvalue weighted by atomic mass is 9.78. The van der Waals surface area contributed by atoms with E-state index in [0.29, 0.717) is 37.2 Å². The predicted octanol–water partition coefficient (Wildman–Crippen LogP) is 0.340. The van der Waals surface area contributed by atoms with Gasteiger partial charge in [-0.3, -0.25) is 19.9 Å². The van der Waals surface area contributed by atoms with Crippen LogP contribution in [0.4, 0.5) is 0 Å². The maximum absolute atomic E-state index is 12.7. The van der Waals surface area contributed by atoms with Gasteiger partial charge >= 0.3 is 0 Å². The van der Waals surface area contributed by atoms with Gasteiger partial charge in [0.2, 0.25) is 11.8 Å². The minimum absolute atomic E-state index is 0.0257. The fraction of sp³-hybridized carbons (Fsp3) is 0.652. The maximum atomic E-state index is 12.7. The van der Waals surface area contributed by atoms with Crippen molar-refractivity contribution in [3.63, 3.8) is 0 Å². The number of amides is 2. The number of morpholine rings is 1. The molecular formula is C23H34ClN5O4. The van der Waals surface area contributed by atoms with E-state index in [0.717, 1.165) is 31.4 Å². The first-order chi connectivity index (χ1) is 16.0. The van der Waals surface area contributed by atoms with Crippen molar-refractivity contribution in [2.24, 2.45) is 5.92 Å². The van der Waals surface area contributed by atoms with Crippen LogP contribution in [-0.4, -0.2) is 79.3 Å². The van der Waals surface area contributed by atoms with E-state index in [4.69, 9.17) is 16.3 Å². The van der Waals surface area contributed by atoms with E-state index in [-0.39, 0.29) is 29.8 Å². The molecule has 182 valence electrons. The zero-order chi connectivity index (χ0) is 23.4. The molecule has 10 heteroatoms. The van der Waals surface area contributed by atoms with E-state index in [1.54, 1.807) is 31.3 Å². The quantitative estimate of drug-likeness (QED) is 0.383. The average Bonchev–Trinajstić information content (AvgIpc) is 3.27. The number of likely N-dealkylation sites (N-methyl/N-ethyl adjacent to an activating group) is 1. The zero-order valence-electron chi connectivity index (χ0n) is 18.9. The Balaban J connectivity index is 1.23. The number of rotatable bonds is 7. The number of aliphatic hydroxyl groups excluding tert-OH is 1. The largest absolute Gasteiger partial charge is 0.388 e. The van der Waals surface area contributed by atoms with Crippen LogP contribution in [0.15, 0.2) is 24.3 Å². The van der Waals surface area contributed by atoms with Crippen LogP contribution in [0.2, 0.25) is 5.02 Å². The number of benzene rings is 1. The summed E-state index contributed by atoms with van der Waals surface area (Å²) in [6.45, 7) is 2.24. The summed E-state index contributed by atoms with van der Waals surface area (Å²) in [5, 5.41) is 16.6. The lowest BCUT2D eigenvalue weighted by molar-refractivity contribution is -0.140. The molecule has 2 amide bonds. The molecule has 6 atom stereocenters. The van der Waals surface area contributed by atoms with Crippen molar-refractivity contribution < 1.29 is 19.4 Å². The van der Waals surface area contributed by atoms with Gasteiger partial charge in [0.15, 0.2) is 0 Å². The third kappa shape index (κ3) is 5.85. The molecular weight excluding hydrogens is 446 g/mol. The van der Waals surface area contributed by atoms with E-state index in [1.807, 2.05) is 0 Å². The number of hydrogen-bond donors (Lipinski definition) is 5. The van der Waals surface area contributed by atoms with Gasteiger partial charge in [-0.2, -0.15) is 0 Å². The maximum Gasteiger partial charge on any atom is 0.250 e. The van der Waals surface area contributed by atoms with Gasteiger partial charge < -0.3 is 20.5 Å². The number of carbonyl (C=O) groups is 2. The molecule has 6 unspecified atom stereocenters. The Labute approximate surface area is 199 Å². The van der Waals surface area contributed by atoms with Crippen LogP contribution in [0.25, 0.3) is 0 Å². The van der Waals surface area contributed by atoms with Crippen LogP contribution < -0.4 is 21.5 Å². The lowest BCUT2D eigenvalue weighted by Crippen LogP contribution is -2.55. The molecule has 4 rings (SSSR count). The lowest BCUT2D eigenvalue weighted by Gasteiger charge is -2.42. The summed E-state index contributed by atoms with van der Waals surface area (Å²) >= 11 is 5.89. The highest BCUT2D eigenvalue weighted by Crippen LogP contribution is 2.33. The summed E-state index contributed by atoms with van der Waals surface area (Å²) in [5.41, 5.74) is 7.23. The van der Waals surface area contributed by atoms with Gasteiger partial charge in [-0.15, -0.1) is 0 Å². The molecule has 9 nitrogen and oxygen atoms in total. The minimum Gasteiger partial charge on any atom is -0.388 e. The highest BCUT2D eigenvalue weighted by Gasteiger charge is 2.44. The second-order valence-electron chi connectivity index (χ2n) is 9.12. The molecule has 3 fully saturated rings. The second kappa shape index (κ2) is 11.1. The van der Waals surface area contributed by atoms with Crippen molar-refractivity contribution in [3.05, 3.63) is 34.9 Å². The Kier molecular flexibility index (Phi) is 8.21. The number of fused-ring (bicyclic) bond motifs is 1. The summed E-state index contributed by atoms with van der Waals surface area (Å²) in [6.07, 6.45) is 2.14. The molecule has 2 heterocycles. The SMILES string of the molecule is CNC(=O)C1NNC2CC(N3CCOC(C(=O)NCCC(O)c4ccc(Cl)cc4)C3)CCC21. The third-order valence-electron chi connectivity index (χ3n) is 7.14. The number of halogens is 1. The molecule has 5 N–H and O–H groups in total. The molecule has 33 heavy (non-hydrogen) atoms. The molecule has 0 radical (unpaired) electrons. The van der Waals surface area contributed by atoms with Crippen LogP contribution in [0, 0.1) is 5.92 Å². The smallest absolute Gasteiger partial charge is 0.250 e. The predicted molar refractivity (Wildman–Crippen MR) is 124 cm³/mol. The summed E-state index contributed by atoms with van der Waals surface area (Å²) < 4.78 is 5.75. The van der Waals surface area contributed by atoms with Crippen molar-refractivity contribution in [3.8, 4) is 0 Å². The molecule has 3 aliphatic rings. The van der Waals surface area contributed by atoms with Crippen molar-refractivity contribution in [2.75, 3.05) is 33.3 Å². The number of nitrogens with zero attached hydrogens (tertiary/aromatic N) is 1. The van der Waals surface area contributed by atoms with Crippen LogP contribution in [0.1, 0.15) is 37.4 Å². The van der Waals surface area contributed by atoms with Crippen molar-refractivity contribution in [1.29, 1.82) is 0 Å². The molecule has 0 spiro atoms. The normalized spacial score (nSPS) is 30.9. The van der Waals surface area contributed by atoms with Gasteiger partial charge in [0.05, 0.1) is 12.7 Å². The summed E-state index contributed by atoms with van der Waals surface area (Å²) in [5.74, 6) is 0.170. The Morgan fingerprint density at radius 1 is 1.24 bits per heavy atom. The number of nitrogens with one attached hydrogen (secondary N) is 4. The van der Waals surface area contributed by atoms with Crippen molar-refractivity contribution in [2.45, 2.75) is 56.0 Å². The Hall–Kier alpha value is -1.75. The summed E-state index contributed by atoms with van der Waals surface area (Å²) in [6, 6.07) is 7.48. The van der Waals surface area contributed by atoms with Gasteiger partial charge in [-0.25, -0.2) is 5.43 Å². The molecule has 2 aliphatic heterocycles. The first-order valence-corrected chi connectivity index (χ1v) is 12.1. The number of hydrogen-bond acceptors (Lipinski definition) is 7. The fourth-order valence-corrected chi connectivity index (χ4v) is 5.37. The van der Waals surface area contributed by atoms with Crippen molar-refractivity contribution >= 4 is 23.4 Å². The average molecular weight is 480 g/mol. The van der Waals surface area contributed by atoms with E-state index in [9.17, 15) is 14.7 Å². The molecule has 0 aromatic heterocycles. The fourth-order valence-electron chi connectivity index (χ4n) is 5.24. The van der Waals surface area contributed by atoms with E-state index < -0.39 is 12.2 Å². The Morgan fingerprint density at radius 2 is 2.03 bits per heavy atom. The topological polar surface area (TPSA) is 115 Å². The zero-order valence-corrected chi connectivity index (χ0v) is 19.7. The molecule has 2 saturated heterocycles. The first kappa shape index (κ1) is 24.4. The van der Waals surface area contributed by atoms with E-state index >= 15 is 0 Å². The molecule has 1 saturated carbocycles. The van der Waals surface area contributed by atoms with Crippen LogP contribution in [0.5, 0.6) is 0 Å². The number of aliphatic hydroxyl groups is 1. The van der Waals surface area contributed by atoms with Crippen LogP contribution in [-0.2, 0) is 14.3 Å². The first-order valence-electron chi connectivity index (χ1n) is 11.8. The van der Waals surface area contributed by atoms with Gasteiger partial charge in [-0.05, 0) is 43.4 Å². The van der Waals surface area contributed by atoms with Crippen LogP contribution >= 0.6 is 11.6 Å². The second-order valence-corrected chi connectivity index (χ2v) is 9.56. The van der Waals surface area contributed by atoms with E-state index in [2.05, 4.69) is 26.4 Å². The molecule has 1 aromatic carbocycles. The summed E-state index contributed by atoms with van der Waals surface area (Å²) in [7, 11) is 1.67.